The largest absolute Gasteiger partial charge is 0.330 e. The highest BCUT2D eigenvalue weighted by Crippen LogP contribution is 2.14. The Labute approximate surface area is 92.6 Å². The maximum Gasteiger partial charge on any atom is 0.330 e. The van der Waals surface area contributed by atoms with Gasteiger partial charge in [-0.05, 0) is 19.9 Å². The molecule has 0 atom stereocenters. The van der Waals surface area contributed by atoms with Gasteiger partial charge in [-0.15, -0.1) is 0 Å². The normalized spacial score (nSPS) is 10.9. The smallest absolute Gasteiger partial charge is 0.293 e. The van der Waals surface area contributed by atoms with Crippen LogP contribution in [-0.4, -0.2) is 14.1 Å². The molecule has 0 aliphatic heterocycles. The number of fused-ring (bicyclic) bond motifs is 1. The minimum Gasteiger partial charge on any atom is -0.293 e. The van der Waals surface area contributed by atoms with Crippen LogP contribution in [-0.2, 0) is 7.05 Å². The molecule has 0 unspecified atom stereocenters. The molecule has 0 amide bonds. The van der Waals surface area contributed by atoms with Crippen LogP contribution < -0.4 is 5.69 Å². The first-order chi connectivity index (χ1) is 7.56. The Morgan fingerprint density at radius 3 is 2.75 bits per heavy atom. The van der Waals surface area contributed by atoms with E-state index in [-0.39, 0.29) is 11.7 Å². The van der Waals surface area contributed by atoms with Crippen molar-refractivity contribution >= 4 is 11.2 Å². The van der Waals surface area contributed by atoms with Gasteiger partial charge < -0.3 is 0 Å². The lowest BCUT2D eigenvalue weighted by atomic mass is 10.3. The second kappa shape index (κ2) is 3.49. The third kappa shape index (κ3) is 1.31. The van der Waals surface area contributed by atoms with Crippen LogP contribution in [0.5, 0.6) is 0 Å². The number of aryl methyl sites for hydroxylation is 1. The Kier molecular flexibility index (Phi) is 2.27. The Balaban J connectivity index is 2.92. The van der Waals surface area contributed by atoms with E-state index in [4.69, 9.17) is 5.26 Å². The second-order valence-corrected chi connectivity index (χ2v) is 3.98. The summed E-state index contributed by atoms with van der Waals surface area (Å²) in [7, 11) is 1.69. The predicted molar refractivity (Wildman–Crippen MR) is 60.1 cm³/mol. The van der Waals surface area contributed by atoms with Gasteiger partial charge in [0.05, 0.1) is 11.1 Å². The van der Waals surface area contributed by atoms with Crippen molar-refractivity contribution in [1.82, 2.24) is 14.1 Å². The van der Waals surface area contributed by atoms with Crippen LogP contribution in [0.2, 0.25) is 0 Å². The number of aromatic nitrogens is 3. The highest BCUT2D eigenvalue weighted by Gasteiger charge is 2.14. The van der Waals surface area contributed by atoms with Crippen LogP contribution in [0.1, 0.15) is 25.5 Å². The van der Waals surface area contributed by atoms with E-state index in [0.717, 1.165) is 0 Å². The van der Waals surface area contributed by atoms with E-state index in [0.29, 0.717) is 16.7 Å². The number of nitriles is 1. The highest BCUT2D eigenvalue weighted by atomic mass is 16.1. The lowest BCUT2D eigenvalue weighted by molar-refractivity contribution is 0.579. The van der Waals surface area contributed by atoms with E-state index in [2.05, 4.69) is 4.98 Å². The number of hydrogen-bond acceptors (Lipinski definition) is 3. The van der Waals surface area contributed by atoms with Gasteiger partial charge in [0.1, 0.15) is 6.07 Å². The molecule has 16 heavy (non-hydrogen) atoms. The van der Waals surface area contributed by atoms with Gasteiger partial charge in [0.25, 0.3) is 0 Å². The molecule has 0 aliphatic carbocycles. The molecule has 0 saturated heterocycles. The third-order valence-electron chi connectivity index (χ3n) is 2.58. The zero-order valence-electron chi connectivity index (χ0n) is 9.43. The molecule has 0 radical (unpaired) electrons. The monoisotopic (exact) mass is 216 g/mol. The van der Waals surface area contributed by atoms with E-state index in [1.807, 2.05) is 19.9 Å². The van der Waals surface area contributed by atoms with Crippen LogP contribution in [0.4, 0.5) is 0 Å². The summed E-state index contributed by atoms with van der Waals surface area (Å²) in [6, 6.07) is 3.75. The molecule has 0 N–H and O–H groups in total. The Morgan fingerprint density at radius 2 is 2.19 bits per heavy atom. The molecule has 0 aromatic carbocycles. The molecular weight excluding hydrogens is 204 g/mol. The Hall–Kier alpha value is -2.09. The summed E-state index contributed by atoms with van der Waals surface area (Å²) >= 11 is 0. The third-order valence-corrected chi connectivity index (χ3v) is 2.58. The SMILES string of the molecule is CC(C)n1c(=O)n(C)c2cc(C#N)cnc21. The lowest BCUT2D eigenvalue weighted by Crippen LogP contribution is -2.23. The number of rotatable bonds is 1. The van der Waals surface area contributed by atoms with E-state index in [1.165, 1.54) is 10.8 Å². The van der Waals surface area contributed by atoms with Crippen LogP contribution in [0.3, 0.4) is 0 Å². The molecule has 2 aromatic rings. The van der Waals surface area contributed by atoms with Crippen molar-refractivity contribution in [3.8, 4) is 6.07 Å². The van der Waals surface area contributed by atoms with Crippen LogP contribution >= 0.6 is 0 Å². The average Bonchev–Trinajstić information content (AvgIpc) is 2.51. The summed E-state index contributed by atoms with van der Waals surface area (Å²) in [4.78, 5) is 16.1. The molecule has 2 heterocycles. The van der Waals surface area contributed by atoms with Crippen LogP contribution in [0.25, 0.3) is 11.2 Å². The van der Waals surface area contributed by atoms with E-state index < -0.39 is 0 Å². The maximum atomic E-state index is 11.9. The van der Waals surface area contributed by atoms with Crippen LogP contribution in [0.15, 0.2) is 17.1 Å². The molecular formula is C11H12N4O. The topological polar surface area (TPSA) is 63.6 Å². The molecule has 82 valence electrons. The Bertz CT molecular complexity index is 642. The summed E-state index contributed by atoms with van der Waals surface area (Å²) in [5, 5.41) is 8.79. The standard InChI is InChI=1S/C11H12N4O/c1-7(2)15-10-9(14(3)11(15)16)4-8(5-12)6-13-10/h4,6-7H,1-3H3. The molecule has 2 rings (SSSR count). The lowest BCUT2D eigenvalue weighted by Gasteiger charge is -2.05. The fourth-order valence-corrected chi connectivity index (χ4v) is 1.76. The van der Waals surface area contributed by atoms with Gasteiger partial charge in [-0.2, -0.15) is 5.26 Å². The second-order valence-electron chi connectivity index (χ2n) is 3.98. The molecule has 0 aliphatic rings. The summed E-state index contributed by atoms with van der Waals surface area (Å²) in [6.45, 7) is 3.86. The number of hydrogen-bond donors (Lipinski definition) is 0. The van der Waals surface area contributed by atoms with Gasteiger partial charge in [-0.25, -0.2) is 9.78 Å². The summed E-state index contributed by atoms with van der Waals surface area (Å²) < 4.78 is 3.14. The molecule has 5 heteroatoms. The Morgan fingerprint density at radius 1 is 1.50 bits per heavy atom. The first kappa shape index (κ1) is 10.4. The first-order valence-corrected chi connectivity index (χ1v) is 5.03. The van der Waals surface area contributed by atoms with Crippen molar-refractivity contribution in [2.75, 3.05) is 0 Å². The minimum absolute atomic E-state index is 0.0524. The zero-order valence-corrected chi connectivity index (χ0v) is 9.43. The summed E-state index contributed by atoms with van der Waals surface area (Å²) in [5.74, 6) is 0. The minimum atomic E-state index is -0.104. The molecule has 0 spiro atoms. The summed E-state index contributed by atoms with van der Waals surface area (Å²) in [6.07, 6.45) is 1.49. The van der Waals surface area contributed by atoms with Crippen molar-refractivity contribution < 1.29 is 0 Å². The van der Waals surface area contributed by atoms with Gasteiger partial charge in [0, 0.05) is 19.3 Å². The molecule has 0 fully saturated rings. The van der Waals surface area contributed by atoms with Crippen molar-refractivity contribution in [2.45, 2.75) is 19.9 Å². The molecule has 5 nitrogen and oxygen atoms in total. The van der Waals surface area contributed by atoms with Gasteiger partial charge >= 0.3 is 5.69 Å². The van der Waals surface area contributed by atoms with E-state index >= 15 is 0 Å². The number of imidazole rings is 1. The maximum absolute atomic E-state index is 11.9. The fourth-order valence-electron chi connectivity index (χ4n) is 1.76. The van der Waals surface area contributed by atoms with Crippen molar-refractivity contribution in [2.24, 2.45) is 7.05 Å². The van der Waals surface area contributed by atoms with Crippen molar-refractivity contribution in [1.29, 1.82) is 5.26 Å². The zero-order chi connectivity index (χ0) is 11.9. The average molecular weight is 216 g/mol. The van der Waals surface area contributed by atoms with E-state index in [9.17, 15) is 4.79 Å². The quantitative estimate of drug-likeness (QED) is 0.719. The number of nitrogens with zero attached hydrogens (tertiary/aromatic N) is 4. The first-order valence-electron chi connectivity index (χ1n) is 5.03. The van der Waals surface area contributed by atoms with Gasteiger partial charge in [-0.1, -0.05) is 0 Å². The molecule has 2 aromatic heterocycles. The van der Waals surface area contributed by atoms with Crippen molar-refractivity contribution in [3.63, 3.8) is 0 Å². The highest BCUT2D eigenvalue weighted by molar-refractivity contribution is 5.73. The van der Waals surface area contributed by atoms with Gasteiger partial charge in [0.15, 0.2) is 5.65 Å². The predicted octanol–water partition coefficient (Wildman–Crippen LogP) is 1.19. The number of pyridine rings is 1. The van der Waals surface area contributed by atoms with Crippen LogP contribution in [0, 0.1) is 11.3 Å². The molecule has 0 saturated carbocycles. The van der Waals surface area contributed by atoms with Crippen molar-refractivity contribution in [3.05, 3.63) is 28.3 Å². The molecule has 0 bridgehead atoms. The summed E-state index contributed by atoms with van der Waals surface area (Å²) in [5.41, 5.74) is 1.68. The van der Waals surface area contributed by atoms with Gasteiger partial charge in [-0.3, -0.25) is 9.13 Å². The fraction of sp³-hybridized carbons (Fsp3) is 0.364. The van der Waals surface area contributed by atoms with E-state index in [1.54, 1.807) is 17.7 Å². The van der Waals surface area contributed by atoms with Gasteiger partial charge in [0.2, 0.25) is 0 Å².